The molecular formula is C8H9N3O2. The smallest absolute Gasteiger partial charge is 0.335 e. The fraction of sp³-hybridized carbons (Fsp3) is 0.125. The van der Waals surface area contributed by atoms with Crippen LogP contribution in [0.2, 0.25) is 0 Å². The maximum atomic E-state index is 10.6. The van der Waals surface area contributed by atoms with Crippen molar-refractivity contribution in [3.05, 3.63) is 29.3 Å². The van der Waals surface area contributed by atoms with Gasteiger partial charge in [0.25, 0.3) is 0 Å². The van der Waals surface area contributed by atoms with Crippen LogP contribution in [0.5, 0.6) is 0 Å². The number of nitrogens with zero attached hydrogens (tertiary/aromatic N) is 2. The number of hydrogen-bond acceptors (Lipinski definition) is 3. The third-order valence-corrected chi connectivity index (χ3v) is 1.62. The van der Waals surface area contributed by atoms with Gasteiger partial charge in [-0.3, -0.25) is 0 Å². The first-order valence-corrected chi connectivity index (χ1v) is 3.60. The number of aryl methyl sites for hydroxylation is 1. The van der Waals surface area contributed by atoms with E-state index in [1.165, 1.54) is 12.1 Å². The molecular weight excluding hydrogens is 170 g/mol. The van der Waals surface area contributed by atoms with Crippen molar-refractivity contribution < 1.29 is 9.90 Å². The molecule has 0 radical (unpaired) electrons. The molecule has 1 rings (SSSR count). The highest BCUT2D eigenvalue weighted by Gasteiger charge is 2.04. The molecule has 0 unspecified atom stereocenters. The highest BCUT2D eigenvalue weighted by molar-refractivity contribution is 5.88. The summed E-state index contributed by atoms with van der Waals surface area (Å²) < 4.78 is 0. The SMILES string of the molecule is Cc1ccc(C(=O)O)cc1N=NN. The van der Waals surface area contributed by atoms with Gasteiger partial charge in [-0.05, 0) is 24.6 Å². The molecule has 0 aliphatic heterocycles. The monoisotopic (exact) mass is 179 g/mol. The Labute approximate surface area is 74.9 Å². The second-order valence-corrected chi connectivity index (χ2v) is 2.52. The number of benzene rings is 1. The summed E-state index contributed by atoms with van der Waals surface area (Å²) >= 11 is 0. The van der Waals surface area contributed by atoms with E-state index >= 15 is 0 Å². The van der Waals surface area contributed by atoms with E-state index in [-0.39, 0.29) is 5.56 Å². The van der Waals surface area contributed by atoms with Gasteiger partial charge in [-0.2, -0.15) is 0 Å². The van der Waals surface area contributed by atoms with Crippen LogP contribution >= 0.6 is 0 Å². The summed E-state index contributed by atoms with van der Waals surface area (Å²) in [6.07, 6.45) is 0. The van der Waals surface area contributed by atoms with Crippen LogP contribution in [0.4, 0.5) is 5.69 Å². The lowest BCUT2D eigenvalue weighted by Crippen LogP contribution is -1.95. The van der Waals surface area contributed by atoms with Crippen LogP contribution in [0, 0.1) is 6.92 Å². The number of nitrogens with two attached hydrogens (primary N) is 1. The molecule has 0 aromatic heterocycles. The Morgan fingerprint density at radius 3 is 2.77 bits per heavy atom. The molecule has 0 saturated heterocycles. The molecule has 0 saturated carbocycles. The van der Waals surface area contributed by atoms with Crippen LogP contribution in [0.15, 0.2) is 28.5 Å². The van der Waals surface area contributed by atoms with Gasteiger partial charge in [0, 0.05) is 0 Å². The van der Waals surface area contributed by atoms with E-state index in [2.05, 4.69) is 10.3 Å². The van der Waals surface area contributed by atoms with Crippen LogP contribution in [0.3, 0.4) is 0 Å². The standard InChI is InChI=1S/C8H9N3O2/c1-5-2-3-6(8(12)13)4-7(5)10-11-9/h2-4H,1H3,(H2,9,10)(H,12,13). The fourth-order valence-electron chi connectivity index (χ4n) is 0.912. The molecule has 0 bridgehead atoms. The Morgan fingerprint density at radius 2 is 2.23 bits per heavy atom. The van der Waals surface area contributed by atoms with E-state index in [1.54, 1.807) is 13.0 Å². The van der Waals surface area contributed by atoms with Crippen LogP contribution in [-0.2, 0) is 0 Å². The van der Waals surface area contributed by atoms with Gasteiger partial charge in [0.2, 0.25) is 0 Å². The summed E-state index contributed by atoms with van der Waals surface area (Å²) in [5.41, 5.74) is 1.48. The quantitative estimate of drug-likeness (QED) is 0.411. The summed E-state index contributed by atoms with van der Waals surface area (Å²) in [5, 5.41) is 15.4. The normalized spacial score (nSPS) is 10.5. The number of aromatic carboxylic acids is 1. The molecule has 0 aliphatic rings. The molecule has 3 N–H and O–H groups in total. The zero-order valence-electron chi connectivity index (χ0n) is 7.06. The average Bonchev–Trinajstić information content (AvgIpc) is 2.08. The van der Waals surface area contributed by atoms with E-state index in [9.17, 15) is 4.79 Å². The fourth-order valence-corrected chi connectivity index (χ4v) is 0.912. The van der Waals surface area contributed by atoms with Crippen molar-refractivity contribution >= 4 is 11.7 Å². The minimum atomic E-state index is -0.992. The first-order valence-electron chi connectivity index (χ1n) is 3.60. The van der Waals surface area contributed by atoms with Gasteiger partial charge >= 0.3 is 5.97 Å². The van der Waals surface area contributed by atoms with Crippen LogP contribution in [-0.4, -0.2) is 11.1 Å². The second kappa shape index (κ2) is 3.66. The molecule has 0 heterocycles. The average molecular weight is 179 g/mol. The van der Waals surface area contributed by atoms with E-state index in [0.717, 1.165) is 5.56 Å². The molecule has 0 spiro atoms. The third-order valence-electron chi connectivity index (χ3n) is 1.62. The highest BCUT2D eigenvalue weighted by atomic mass is 16.4. The Balaban J connectivity index is 3.18. The van der Waals surface area contributed by atoms with Crippen molar-refractivity contribution in [2.75, 3.05) is 0 Å². The third kappa shape index (κ3) is 2.02. The zero-order chi connectivity index (χ0) is 9.84. The van der Waals surface area contributed by atoms with Gasteiger partial charge < -0.3 is 10.9 Å². The molecule has 1 aromatic rings. The first-order chi connectivity index (χ1) is 6.15. The highest BCUT2D eigenvalue weighted by Crippen LogP contribution is 2.19. The molecule has 1 aromatic carbocycles. The van der Waals surface area contributed by atoms with Gasteiger partial charge in [-0.25, -0.2) is 4.79 Å². The number of rotatable bonds is 2. The molecule has 5 nitrogen and oxygen atoms in total. The largest absolute Gasteiger partial charge is 0.478 e. The maximum absolute atomic E-state index is 10.6. The Kier molecular flexibility index (Phi) is 2.59. The summed E-state index contributed by atoms with van der Waals surface area (Å²) in [4.78, 5) is 10.6. The molecule has 0 amide bonds. The summed E-state index contributed by atoms with van der Waals surface area (Å²) in [7, 11) is 0. The van der Waals surface area contributed by atoms with Crippen molar-refractivity contribution in [2.24, 2.45) is 16.2 Å². The molecule has 0 aliphatic carbocycles. The molecule has 13 heavy (non-hydrogen) atoms. The van der Waals surface area contributed by atoms with Gasteiger partial charge in [0.1, 0.15) is 0 Å². The van der Waals surface area contributed by atoms with Gasteiger partial charge in [-0.15, -0.1) is 5.11 Å². The molecule has 0 fully saturated rings. The van der Waals surface area contributed by atoms with E-state index in [0.29, 0.717) is 5.69 Å². The van der Waals surface area contributed by atoms with E-state index in [1.807, 2.05) is 0 Å². The first kappa shape index (κ1) is 9.18. The topological polar surface area (TPSA) is 88.0 Å². The number of carboxylic acids is 1. The maximum Gasteiger partial charge on any atom is 0.335 e. The number of carbonyl (C=O) groups is 1. The van der Waals surface area contributed by atoms with Crippen LogP contribution in [0.25, 0.3) is 0 Å². The lowest BCUT2D eigenvalue weighted by atomic mass is 10.1. The lowest BCUT2D eigenvalue weighted by Gasteiger charge is -1.99. The Morgan fingerprint density at radius 1 is 1.54 bits per heavy atom. The summed E-state index contributed by atoms with van der Waals surface area (Å²) in [5.74, 6) is 3.87. The van der Waals surface area contributed by atoms with Crippen molar-refractivity contribution in [1.82, 2.24) is 0 Å². The predicted molar refractivity (Wildman–Crippen MR) is 46.8 cm³/mol. The van der Waals surface area contributed by atoms with Crippen molar-refractivity contribution in [1.29, 1.82) is 0 Å². The van der Waals surface area contributed by atoms with Crippen molar-refractivity contribution in [2.45, 2.75) is 6.92 Å². The van der Waals surface area contributed by atoms with Crippen LogP contribution < -0.4 is 5.84 Å². The Hall–Kier alpha value is -1.91. The van der Waals surface area contributed by atoms with Gasteiger partial charge in [0.05, 0.1) is 11.3 Å². The number of hydrogen-bond donors (Lipinski definition) is 2. The molecule has 68 valence electrons. The van der Waals surface area contributed by atoms with Crippen molar-refractivity contribution in [3.8, 4) is 0 Å². The van der Waals surface area contributed by atoms with Crippen molar-refractivity contribution in [3.63, 3.8) is 0 Å². The lowest BCUT2D eigenvalue weighted by molar-refractivity contribution is 0.0697. The molecule has 0 atom stereocenters. The van der Waals surface area contributed by atoms with E-state index in [4.69, 9.17) is 10.9 Å². The molecule has 5 heteroatoms. The van der Waals surface area contributed by atoms with Gasteiger partial charge in [0.15, 0.2) is 0 Å². The van der Waals surface area contributed by atoms with E-state index < -0.39 is 5.97 Å². The minimum Gasteiger partial charge on any atom is -0.478 e. The summed E-state index contributed by atoms with van der Waals surface area (Å²) in [6.45, 7) is 1.80. The minimum absolute atomic E-state index is 0.174. The van der Waals surface area contributed by atoms with Gasteiger partial charge in [-0.1, -0.05) is 11.3 Å². The summed E-state index contributed by atoms with van der Waals surface area (Å²) in [6, 6.07) is 4.59. The number of carboxylic acid groups (broad SMARTS) is 1. The van der Waals surface area contributed by atoms with Crippen LogP contribution in [0.1, 0.15) is 15.9 Å². The zero-order valence-corrected chi connectivity index (χ0v) is 7.06. The predicted octanol–water partition coefficient (Wildman–Crippen LogP) is 1.65. The Bertz CT molecular complexity index is 360. The second-order valence-electron chi connectivity index (χ2n) is 2.52.